The minimum absolute atomic E-state index is 0.516. The summed E-state index contributed by atoms with van der Waals surface area (Å²) in [5.74, 6) is 1.12. The fourth-order valence-electron chi connectivity index (χ4n) is 1.61. The van der Waals surface area contributed by atoms with Crippen LogP contribution in [0.15, 0.2) is 24.8 Å². The van der Waals surface area contributed by atoms with Crippen LogP contribution in [0, 0.1) is 0 Å². The van der Waals surface area contributed by atoms with Crippen LogP contribution in [0.25, 0.3) is 5.65 Å². The van der Waals surface area contributed by atoms with E-state index in [0.29, 0.717) is 6.04 Å². The molecular weight excluding hydrogens is 220 g/mol. The second-order valence-electron chi connectivity index (χ2n) is 3.79. The lowest BCUT2D eigenvalue weighted by molar-refractivity contribution is 0.586. The van der Waals surface area contributed by atoms with Gasteiger partial charge in [0.05, 0.1) is 18.1 Å². The summed E-state index contributed by atoms with van der Waals surface area (Å²) in [6.07, 6.45) is 9.52. The molecule has 0 bridgehead atoms. The molecule has 0 fully saturated rings. The molecule has 5 heteroatoms. The fraction of sp³-hybridized carbons (Fsp3) is 0.455. The normalized spacial score (nSPS) is 13.1. The molecular formula is C11H16N4S. The van der Waals surface area contributed by atoms with Gasteiger partial charge in [-0.15, -0.1) is 0 Å². The first-order valence-electron chi connectivity index (χ1n) is 5.29. The zero-order chi connectivity index (χ0) is 11.4. The van der Waals surface area contributed by atoms with Gasteiger partial charge in [0.2, 0.25) is 0 Å². The van der Waals surface area contributed by atoms with Gasteiger partial charge in [-0.05, 0) is 13.2 Å². The van der Waals surface area contributed by atoms with E-state index in [1.54, 1.807) is 12.4 Å². The molecule has 0 saturated carbocycles. The van der Waals surface area contributed by atoms with Crippen LogP contribution in [0.3, 0.4) is 0 Å². The van der Waals surface area contributed by atoms with Gasteiger partial charge in [0.15, 0.2) is 5.65 Å². The van der Waals surface area contributed by atoms with Crippen molar-refractivity contribution in [2.45, 2.75) is 19.5 Å². The first-order chi connectivity index (χ1) is 7.81. The SMILES string of the molecule is CSCC(C)NCc1cnc2cnccn12. The van der Waals surface area contributed by atoms with Gasteiger partial charge in [0.1, 0.15) is 0 Å². The maximum absolute atomic E-state index is 4.30. The van der Waals surface area contributed by atoms with Crippen molar-refractivity contribution in [2.75, 3.05) is 12.0 Å². The van der Waals surface area contributed by atoms with Gasteiger partial charge < -0.3 is 5.32 Å². The molecule has 2 aromatic heterocycles. The Morgan fingerprint density at radius 1 is 1.50 bits per heavy atom. The van der Waals surface area contributed by atoms with E-state index in [9.17, 15) is 0 Å². The number of hydrogen-bond donors (Lipinski definition) is 1. The number of hydrogen-bond acceptors (Lipinski definition) is 4. The quantitative estimate of drug-likeness (QED) is 0.855. The third kappa shape index (κ3) is 2.54. The highest BCUT2D eigenvalue weighted by molar-refractivity contribution is 7.98. The van der Waals surface area contributed by atoms with Gasteiger partial charge in [-0.1, -0.05) is 0 Å². The summed E-state index contributed by atoms with van der Waals surface area (Å²) in [6, 6.07) is 0.516. The molecule has 86 valence electrons. The summed E-state index contributed by atoms with van der Waals surface area (Å²) in [6.45, 7) is 3.04. The number of fused-ring (bicyclic) bond motifs is 1. The highest BCUT2D eigenvalue weighted by atomic mass is 32.2. The largest absolute Gasteiger partial charge is 0.308 e. The van der Waals surface area contributed by atoms with Crippen LogP contribution in [-0.2, 0) is 6.54 Å². The molecule has 2 heterocycles. The van der Waals surface area contributed by atoms with Crippen molar-refractivity contribution in [3.63, 3.8) is 0 Å². The van der Waals surface area contributed by atoms with Gasteiger partial charge in [0.25, 0.3) is 0 Å². The minimum atomic E-state index is 0.516. The highest BCUT2D eigenvalue weighted by Crippen LogP contribution is 2.05. The van der Waals surface area contributed by atoms with E-state index in [0.717, 1.165) is 17.9 Å². The average molecular weight is 236 g/mol. The number of aromatic nitrogens is 3. The van der Waals surface area contributed by atoms with E-state index in [1.807, 2.05) is 24.2 Å². The topological polar surface area (TPSA) is 42.2 Å². The van der Waals surface area contributed by atoms with Crippen LogP contribution in [0.2, 0.25) is 0 Å². The van der Waals surface area contributed by atoms with Crippen LogP contribution in [0.1, 0.15) is 12.6 Å². The van der Waals surface area contributed by atoms with E-state index in [-0.39, 0.29) is 0 Å². The van der Waals surface area contributed by atoms with Crippen molar-refractivity contribution < 1.29 is 0 Å². The predicted octanol–water partition coefficient (Wildman–Crippen LogP) is 1.57. The van der Waals surface area contributed by atoms with E-state index < -0.39 is 0 Å². The maximum atomic E-state index is 4.30. The lowest BCUT2D eigenvalue weighted by atomic mass is 10.3. The second-order valence-corrected chi connectivity index (χ2v) is 4.70. The molecule has 0 aliphatic rings. The van der Waals surface area contributed by atoms with Gasteiger partial charge in [-0.2, -0.15) is 11.8 Å². The van der Waals surface area contributed by atoms with E-state index in [2.05, 4.69) is 32.9 Å². The van der Waals surface area contributed by atoms with Crippen LogP contribution < -0.4 is 5.32 Å². The minimum Gasteiger partial charge on any atom is -0.308 e. The lowest BCUT2D eigenvalue weighted by Gasteiger charge is -2.11. The van der Waals surface area contributed by atoms with E-state index in [1.165, 1.54) is 5.69 Å². The molecule has 16 heavy (non-hydrogen) atoms. The number of nitrogens with one attached hydrogen (secondary N) is 1. The molecule has 1 N–H and O–H groups in total. The van der Waals surface area contributed by atoms with Gasteiger partial charge >= 0.3 is 0 Å². The van der Waals surface area contributed by atoms with Crippen molar-refractivity contribution in [1.29, 1.82) is 0 Å². The third-order valence-corrected chi connectivity index (χ3v) is 3.28. The summed E-state index contributed by atoms with van der Waals surface area (Å²) < 4.78 is 2.06. The number of thioether (sulfide) groups is 1. The van der Waals surface area contributed by atoms with Crippen LogP contribution in [0.4, 0.5) is 0 Å². The Bertz CT molecular complexity index is 454. The Labute approximate surface area is 99.5 Å². The van der Waals surface area contributed by atoms with Crippen molar-refractivity contribution in [2.24, 2.45) is 0 Å². The first kappa shape index (κ1) is 11.4. The molecule has 1 atom stereocenters. The Morgan fingerprint density at radius 3 is 3.19 bits per heavy atom. The summed E-state index contributed by atoms with van der Waals surface area (Å²) >= 11 is 1.86. The number of nitrogens with zero attached hydrogens (tertiary/aromatic N) is 3. The third-order valence-electron chi connectivity index (χ3n) is 2.44. The van der Waals surface area contributed by atoms with Gasteiger partial charge in [0, 0.05) is 30.7 Å². The Morgan fingerprint density at radius 2 is 2.38 bits per heavy atom. The van der Waals surface area contributed by atoms with E-state index >= 15 is 0 Å². The molecule has 0 aliphatic heterocycles. The Balaban J connectivity index is 2.04. The number of imidazole rings is 1. The molecule has 0 aromatic carbocycles. The highest BCUT2D eigenvalue weighted by Gasteiger charge is 2.04. The fourth-order valence-corrected chi connectivity index (χ4v) is 2.23. The average Bonchev–Trinajstić information content (AvgIpc) is 2.70. The van der Waals surface area contributed by atoms with E-state index in [4.69, 9.17) is 0 Å². The van der Waals surface area contributed by atoms with Crippen molar-refractivity contribution >= 4 is 17.4 Å². The summed E-state index contributed by atoms with van der Waals surface area (Å²) in [4.78, 5) is 8.34. The Hall–Kier alpha value is -1.07. The van der Waals surface area contributed by atoms with Crippen molar-refractivity contribution in [1.82, 2.24) is 19.7 Å². The van der Waals surface area contributed by atoms with Crippen molar-refractivity contribution in [3.05, 3.63) is 30.5 Å². The number of rotatable bonds is 5. The molecule has 2 aromatic rings. The maximum Gasteiger partial charge on any atom is 0.155 e. The zero-order valence-electron chi connectivity index (χ0n) is 9.55. The van der Waals surface area contributed by atoms with Gasteiger partial charge in [-0.3, -0.25) is 9.38 Å². The molecule has 0 spiro atoms. The summed E-state index contributed by atoms with van der Waals surface area (Å²) in [5, 5.41) is 3.48. The Kier molecular flexibility index (Phi) is 3.79. The second kappa shape index (κ2) is 5.32. The van der Waals surface area contributed by atoms with Crippen LogP contribution >= 0.6 is 11.8 Å². The molecule has 4 nitrogen and oxygen atoms in total. The molecule has 0 radical (unpaired) electrons. The molecule has 0 amide bonds. The lowest BCUT2D eigenvalue weighted by Crippen LogP contribution is -2.28. The molecule has 0 aliphatic carbocycles. The monoisotopic (exact) mass is 236 g/mol. The van der Waals surface area contributed by atoms with Crippen molar-refractivity contribution in [3.8, 4) is 0 Å². The van der Waals surface area contributed by atoms with Gasteiger partial charge in [-0.25, -0.2) is 4.98 Å². The predicted molar refractivity (Wildman–Crippen MR) is 67.7 cm³/mol. The zero-order valence-corrected chi connectivity index (χ0v) is 10.4. The summed E-state index contributed by atoms with van der Waals surface area (Å²) in [7, 11) is 0. The van der Waals surface area contributed by atoms with Crippen LogP contribution in [0.5, 0.6) is 0 Å². The molecule has 0 saturated heterocycles. The first-order valence-corrected chi connectivity index (χ1v) is 6.69. The smallest absolute Gasteiger partial charge is 0.155 e. The summed E-state index contributed by atoms with van der Waals surface area (Å²) in [5.41, 5.74) is 2.07. The standard InChI is InChI=1S/C11H16N4S/c1-9(8-16-2)13-5-10-6-14-11-7-12-3-4-15(10)11/h3-4,6-7,9,13H,5,8H2,1-2H3. The molecule has 1 unspecified atom stereocenters. The van der Waals surface area contributed by atoms with Crippen LogP contribution in [-0.4, -0.2) is 32.4 Å². The molecule has 2 rings (SSSR count).